The Bertz CT molecular complexity index is 778. The van der Waals surface area contributed by atoms with Crippen molar-refractivity contribution in [3.05, 3.63) is 48.3 Å². The van der Waals surface area contributed by atoms with Crippen molar-refractivity contribution < 1.29 is 22.5 Å². The molecule has 2 aromatic rings. The second kappa shape index (κ2) is 8.15. The number of hydrogen-bond donors (Lipinski definition) is 2. The standard InChI is InChI=1S/C17H17F3N4O2S/c18-17(19,20)15-8-5-13(11-21-15)23-16(25)22-12-3-6-14(7-4-12)27(26)24-9-1-2-10-24/h3-8,11H,1-2,9-10H2,(H2,22,23,25). The molecule has 0 saturated carbocycles. The Morgan fingerprint density at radius 1 is 1.04 bits per heavy atom. The van der Waals surface area contributed by atoms with Gasteiger partial charge in [0.15, 0.2) is 4.90 Å². The fourth-order valence-electron chi connectivity index (χ4n) is 2.59. The fraction of sp³-hybridized carbons (Fsp3) is 0.294. The summed E-state index contributed by atoms with van der Waals surface area (Å²) in [6.45, 7) is 1.60. The van der Waals surface area contributed by atoms with Crippen LogP contribution in [0.5, 0.6) is 0 Å². The average molecular weight is 398 g/mol. The highest BCUT2D eigenvalue weighted by atomic mass is 32.2. The summed E-state index contributed by atoms with van der Waals surface area (Å²) in [5.41, 5.74) is -0.433. The Labute approximate surface area is 157 Å². The van der Waals surface area contributed by atoms with Gasteiger partial charge in [0.2, 0.25) is 0 Å². The lowest BCUT2D eigenvalue weighted by molar-refractivity contribution is -0.141. The normalized spacial score (nSPS) is 16.1. The molecule has 1 aromatic carbocycles. The zero-order chi connectivity index (χ0) is 19.4. The van der Waals surface area contributed by atoms with Gasteiger partial charge >= 0.3 is 12.2 Å². The van der Waals surface area contributed by atoms with Crippen molar-refractivity contribution in [1.29, 1.82) is 0 Å². The predicted octanol–water partition coefficient (Wildman–Crippen LogP) is 3.86. The number of anilines is 2. The lowest BCUT2D eigenvalue weighted by Gasteiger charge is -2.18. The van der Waals surface area contributed by atoms with Gasteiger partial charge in [0, 0.05) is 18.8 Å². The van der Waals surface area contributed by atoms with Crippen molar-refractivity contribution in [2.75, 3.05) is 23.7 Å². The summed E-state index contributed by atoms with van der Waals surface area (Å²) in [6.07, 6.45) is -1.53. The molecular formula is C17H17F3N4O2S. The van der Waals surface area contributed by atoms with Crippen LogP contribution in [0.1, 0.15) is 18.5 Å². The lowest BCUT2D eigenvalue weighted by atomic mass is 10.3. The second-order valence-electron chi connectivity index (χ2n) is 5.92. The molecule has 2 heterocycles. The van der Waals surface area contributed by atoms with E-state index in [0.29, 0.717) is 10.6 Å². The van der Waals surface area contributed by atoms with E-state index in [4.69, 9.17) is 0 Å². The molecule has 0 spiro atoms. The number of pyridine rings is 1. The van der Waals surface area contributed by atoms with E-state index < -0.39 is 29.3 Å². The largest absolute Gasteiger partial charge is 0.593 e. The van der Waals surface area contributed by atoms with Crippen molar-refractivity contribution in [3.8, 4) is 0 Å². The Balaban J connectivity index is 1.56. The number of amides is 2. The third kappa shape index (κ3) is 5.12. The van der Waals surface area contributed by atoms with E-state index in [1.807, 2.05) is 4.31 Å². The number of carbonyl (C=O) groups is 1. The lowest BCUT2D eigenvalue weighted by Crippen LogP contribution is -2.27. The minimum atomic E-state index is -4.53. The molecule has 2 N–H and O–H groups in total. The molecule has 1 aliphatic heterocycles. The Kier molecular flexibility index (Phi) is 5.88. The number of hydrogen-bond acceptors (Lipinski definition) is 4. The summed E-state index contributed by atoms with van der Waals surface area (Å²) in [5, 5.41) is 4.96. The first-order valence-corrected chi connectivity index (χ1v) is 9.32. The third-order valence-corrected chi connectivity index (χ3v) is 5.43. The molecule has 1 atom stereocenters. The van der Waals surface area contributed by atoms with Gasteiger partial charge in [-0.05, 0) is 49.2 Å². The molecule has 0 bridgehead atoms. The molecule has 6 nitrogen and oxygen atoms in total. The summed E-state index contributed by atoms with van der Waals surface area (Å²) in [4.78, 5) is 15.9. The van der Waals surface area contributed by atoms with Crippen molar-refractivity contribution in [3.63, 3.8) is 0 Å². The second-order valence-corrected chi connectivity index (χ2v) is 7.40. The van der Waals surface area contributed by atoms with Crippen molar-refractivity contribution in [2.45, 2.75) is 23.9 Å². The molecule has 144 valence electrons. The highest BCUT2D eigenvalue weighted by Crippen LogP contribution is 2.28. The van der Waals surface area contributed by atoms with Crippen LogP contribution >= 0.6 is 0 Å². The van der Waals surface area contributed by atoms with Gasteiger partial charge in [0.25, 0.3) is 0 Å². The van der Waals surface area contributed by atoms with Crippen LogP contribution in [0.3, 0.4) is 0 Å². The van der Waals surface area contributed by atoms with Gasteiger partial charge in [-0.2, -0.15) is 13.2 Å². The molecule has 0 aliphatic carbocycles. The molecule has 1 aliphatic rings. The number of carbonyl (C=O) groups excluding carboxylic acids is 1. The van der Waals surface area contributed by atoms with Crippen molar-refractivity contribution in [1.82, 2.24) is 9.29 Å². The molecule has 1 saturated heterocycles. The van der Waals surface area contributed by atoms with Crippen LogP contribution < -0.4 is 10.6 Å². The SMILES string of the molecule is O=C(Nc1ccc([S+]([O-])N2CCCC2)cc1)Nc1ccc(C(F)(F)F)nc1. The number of alkyl halides is 3. The summed E-state index contributed by atoms with van der Waals surface area (Å²) < 4.78 is 51.7. The summed E-state index contributed by atoms with van der Waals surface area (Å²) in [5.74, 6) is 0. The minimum Gasteiger partial charge on any atom is -0.593 e. The molecule has 27 heavy (non-hydrogen) atoms. The fourth-order valence-corrected chi connectivity index (χ4v) is 3.84. The van der Waals surface area contributed by atoms with E-state index in [-0.39, 0.29) is 5.69 Å². The smallest absolute Gasteiger partial charge is 0.433 e. The molecule has 3 rings (SSSR count). The van der Waals surface area contributed by atoms with Crippen LogP contribution in [-0.2, 0) is 17.5 Å². The quantitative estimate of drug-likeness (QED) is 0.767. The Hall–Kier alpha value is -2.30. The van der Waals surface area contributed by atoms with Gasteiger partial charge in [-0.1, -0.05) is 0 Å². The van der Waals surface area contributed by atoms with Crippen LogP contribution in [0.15, 0.2) is 47.5 Å². The Morgan fingerprint density at radius 3 is 2.19 bits per heavy atom. The maximum Gasteiger partial charge on any atom is 0.433 e. The summed E-state index contributed by atoms with van der Waals surface area (Å²) >= 11 is -1.22. The Morgan fingerprint density at radius 2 is 1.63 bits per heavy atom. The molecular weight excluding hydrogens is 381 g/mol. The van der Waals surface area contributed by atoms with E-state index in [1.165, 1.54) is 0 Å². The molecule has 2 amide bonds. The van der Waals surface area contributed by atoms with Gasteiger partial charge in [0.05, 0.1) is 23.2 Å². The first-order chi connectivity index (χ1) is 12.8. The van der Waals surface area contributed by atoms with E-state index in [0.717, 1.165) is 44.3 Å². The highest BCUT2D eigenvalue weighted by Gasteiger charge is 2.32. The first-order valence-electron chi connectivity index (χ1n) is 8.21. The van der Waals surface area contributed by atoms with Crippen LogP contribution in [-0.4, -0.2) is 33.0 Å². The third-order valence-electron chi connectivity index (χ3n) is 3.93. The zero-order valence-corrected chi connectivity index (χ0v) is 14.9. The summed E-state index contributed by atoms with van der Waals surface area (Å²) in [6, 6.07) is 7.87. The number of benzene rings is 1. The van der Waals surface area contributed by atoms with E-state index in [1.54, 1.807) is 24.3 Å². The molecule has 1 aromatic heterocycles. The maximum atomic E-state index is 12.5. The van der Waals surface area contributed by atoms with Gasteiger partial charge in [-0.15, -0.1) is 4.31 Å². The minimum absolute atomic E-state index is 0.132. The van der Waals surface area contributed by atoms with Gasteiger partial charge < -0.3 is 15.2 Å². The first kappa shape index (κ1) is 19.5. The number of urea groups is 1. The van der Waals surface area contributed by atoms with Gasteiger partial charge in [0.1, 0.15) is 5.69 Å². The van der Waals surface area contributed by atoms with Crippen molar-refractivity contribution in [2.24, 2.45) is 0 Å². The topological polar surface area (TPSA) is 80.3 Å². The number of aromatic nitrogens is 1. The van der Waals surface area contributed by atoms with Crippen LogP contribution in [0, 0.1) is 0 Å². The van der Waals surface area contributed by atoms with Gasteiger partial charge in [-0.3, -0.25) is 0 Å². The maximum absolute atomic E-state index is 12.5. The zero-order valence-electron chi connectivity index (χ0n) is 14.1. The van der Waals surface area contributed by atoms with Crippen molar-refractivity contribution >= 4 is 28.8 Å². The highest BCUT2D eigenvalue weighted by molar-refractivity contribution is 7.89. The number of nitrogens with zero attached hydrogens (tertiary/aromatic N) is 2. The van der Waals surface area contributed by atoms with Gasteiger partial charge in [-0.25, -0.2) is 9.78 Å². The monoisotopic (exact) mass is 398 g/mol. The molecule has 0 radical (unpaired) electrons. The number of rotatable bonds is 4. The molecule has 10 heteroatoms. The number of nitrogens with one attached hydrogen (secondary N) is 2. The van der Waals surface area contributed by atoms with Crippen LogP contribution in [0.2, 0.25) is 0 Å². The molecule has 1 unspecified atom stereocenters. The average Bonchev–Trinajstić information content (AvgIpc) is 3.16. The number of halogens is 3. The van der Waals surface area contributed by atoms with Crippen LogP contribution in [0.4, 0.5) is 29.3 Å². The van der Waals surface area contributed by atoms with E-state index in [2.05, 4.69) is 15.6 Å². The van der Waals surface area contributed by atoms with E-state index in [9.17, 15) is 22.5 Å². The predicted molar refractivity (Wildman–Crippen MR) is 95.5 cm³/mol. The molecule has 1 fully saturated rings. The summed E-state index contributed by atoms with van der Waals surface area (Å²) in [7, 11) is 0. The van der Waals surface area contributed by atoms with Crippen LogP contribution in [0.25, 0.3) is 0 Å². The van der Waals surface area contributed by atoms with E-state index >= 15 is 0 Å².